The monoisotopic (exact) mass is 383 g/mol. The fraction of sp³-hybridized carbons (Fsp3) is 0.421. The van der Waals surface area contributed by atoms with Crippen LogP contribution in [0.2, 0.25) is 0 Å². The van der Waals surface area contributed by atoms with Gasteiger partial charge in [-0.15, -0.1) is 0 Å². The first kappa shape index (κ1) is 18.3. The van der Waals surface area contributed by atoms with E-state index in [0.29, 0.717) is 31.2 Å². The molecule has 28 heavy (non-hydrogen) atoms. The van der Waals surface area contributed by atoms with E-state index in [9.17, 15) is 14.4 Å². The SMILES string of the molecule is CC(=O)NC1=NCCCN1c1ccc(N2C[C@@]3(C(N)=O)[CH]CCN3C2=O)cc1. The van der Waals surface area contributed by atoms with Crippen molar-refractivity contribution in [2.75, 3.05) is 36.0 Å². The van der Waals surface area contributed by atoms with Gasteiger partial charge < -0.3 is 15.5 Å². The average molecular weight is 383 g/mol. The number of nitrogens with two attached hydrogens (primary N) is 1. The normalized spacial score (nSPS) is 24.2. The first-order chi connectivity index (χ1) is 13.4. The lowest BCUT2D eigenvalue weighted by Crippen LogP contribution is -2.53. The van der Waals surface area contributed by atoms with Gasteiger partial charge in [0.2, 0.25) is 17.8 Å². The number of benzene rings is 1. The van der Waals surface area contributed by atoms with E-state index in [1.165, 1.54) is 6.92 Å². The molecule has 2 fully saturated rings. The molecule has 0 aliphatic carbocycles. The first-order valence-corrected chi connectivity index (χ1v) is 9.35. The fourth-order valence-corrected chi connectivity index (χ4v) is 4.06. The third-order valence-electron chi connectivity index (χ3n) is 5.42. The molecule has 1 atom stereocenters. The number of carbonyl (C=O) groups is 3. The molecule has 4 rings (SSSR count). The third-order valence-corrected chi connectivity index (χ3v) is 5.42. The van der Waals surface area contributed by atoms with Crippen molar-refractivity contribution in [1.29, 1.82) is 0 Å². The van der Waals surface area contributed by atoms with Gasteiger partial charge in [-0.05, 0) is 37.1 Å². The molecule has 4 amide bonds. The second-order valence-electron chi connectivity index (χ2n) is 7.21. The highest BCUT2D eigenvalue weighted by Crippen LogP contribution is 2.38. The quantitative estimate of drug-likeness (QED) is 0.790. The van der Waals surface area contributed by atoms with Crippen LogP contribution in [-0.4, -0.2) is 60.4 Å². The van der Waals surface area contributed by atoms with Gasteiger partial charge in [-0.1, -0.05) is 0 Å². The molecule has 0 aromatic heterocycles. The summed E-state index contributed by atoms with van der Waals surface area (Å²) in [6.07, 6.45) is 3.40. The number of primary amides is 1. The second-order valence-corrected chi connectivity index (χ2v) is 7.21. The van der Waals surface area contributed by atoms with Crippen LogP contribution in [0.3, 0.4) is 0 Å². The molecule has 147 valence electrons. The Hall–Kier alpha value is -3.10. The number of carbonyl (C=O) groups excluding carboxylic acids is 3. The molecule has 3 aliphatic heterocycles. The smallest absolute Gasteiger partial charge is 0.325 e. The highest BCUT2D eigenvalue weighted by molar-refractivity contribution is 6.06. The lowest BCUT2D eigenvalue weighted by Gasteiger charge is -2.29. The summed E-state index contributed by atoms with van der Waals surface area (Å²) in [6.45, 7) is 3.60. The maximum atomic E-state index is 12.8. The summed E-state index contributed by atoms with van der Waals surface area (Å²) < 4.78 is 0. The van der Waals surface area contributed by atoms with Crippen LogP contribution in [0.5, 0.6) is 0 Å². The Balaban J connectivity index is 1.56. The second kappa shape index (κ2) is 6.81. The minimum Gasteiger partial charge on any atom is -0.368 e. The lowest BCUT2D eigenvalue weighted by atomic mass is 9.96. The highest BCUT2D eigenvalue weighted by Gasteiger charge is 2.56. The first-order valence-electron chi connectivity index (χ1n) is 9.35. The third kappa shape index (κ3) is 2.87. The number of guanidine groups is 1. The molecule has 0 bridgehead atoms. The Morgan fingerprint density at radius 2 is 1.82 bits per heavy atom. The van der Waals surface area contributed by atoms with Crippen molar-refractivity contribution >= 4 is 35.2 Å². The standard InChI is InChI=1S/C19H23N6O3/c1-13(26)22-17-21-9-3-10-23(17)14-4-6-15(7-5-14)24-12-19(16(20)27)8-2-11-25(19)18(24)28/h4-8H,2-3,9-12H2,1H3,(H2,20,27)(H,21,22,26)/t19-/m1/s1. The summed E-state index contributed by atoms with van der Waals surface area (Å²) in [4.78, 5) is 45.7. The van der Waals surface area contributed by atoms with E-state index < -0.39 is 11.4 Å². The predicted octanol–water partition coefficient (Wildman–Crippen LogP) is 0.463. The van der Waals surface area contributed by atoms with Crippen LogP contribution in [0.1, 0.15) is 19.8 Å². The molecule has 1 aromatic carbocycles. The molecule has 3 heterocycles. The number of amides is 4. The van der Waals surface area contributed by atoms with Gasteiger partial charge in [-0.2, -0.15) is 0 Å². The minimum absolute atomic E-state index is 0.168. The highest BCUT2D eigenvalue weighted by atomic mass is 16.2. The number of fused-ring (bicyclic) bond motifs is 1. The van der Waals surface area contributed by atoms with E-state index in [1.807, 2.05) is 35.6 Å². The van der Waals surface area contributed by atoms with Crippen LogP contribution in [-0.2, 0) is 9.59 Å². The van der Waals surface area contributed by atoms with Gasteiger partial charge in [0.1, 0.15) is 5.54 Å². The molecule has 3 aliphatic rings. The zero-order valence-corrected chi connectivity index (χ0v) is 15.7. The van der Waals surface area contributed by atoms with E-state index in [4.69, 9.17) is 5.73 Å². The van der Waals surface area contributed by atoms with Gasteiger partial charge in [0.25, 0.3) is 0 Å². The summed E-state index contributed by atoms with van der Waals surface area (Å²) in [5, 5.41) is 2.76. The topological polar surface area (TPSA) is 111 Å². The number of rotatable bonds is 3. The fourth-order valence-electron chi connectivity index (χ4n) is 4.06. The number of nitrogens with zero attached hydrogens (tertiary/aromatic N) is 4. The minimum atomic E-state index is -1.02. The molecular formula is C19H23N6O3. The van der Waals surface area contributed by atoms with E-state index in [0.717, 1.165) is 18.7 Å². The van der Waals surface area contributed by atoms with Gasteiger partial charge in [0, 0.05) is 44.4 Å². The zero-order valence-electron chi connectivity index (χ0n) is 15.7. The molecule has 9 nitrogen and oxygen atoms in total. The lowest BCUT2D eigenvalue weighted by molar-refractivity contribution is -0.124. The Morgan fingerprint density at radius 1 is 1.14 bits per heavy atom. The number of urea groups is 1. The molecule has 0 spiro atoms. The van der Waals surface area contributed by atoms with Crippen molar-refractivity contribution in [3.8, 4) is 0 Å². The molecule has 1 radical (unpaired) electrons. The summed E-state index contributed by atoms with van der Waals surface area (Å²) >= 11 is 0. The van der Waals surface area contributed by atoms with E-state index in [1.54, 1.807) is 9.80 Å². The molecule has 0 unspecified atom stereocenters. The number of anilines is 2. The number of hydrogen-bond acceptors (Lipinski definition) is 5. The van der Waals surface area contributed by atoms with Crippen LogP contribution in [0, 0.1) is 6.42 Å². The van der Waals surface area contributed by atoms with Crippen LogP contribution in [0.25, 0.3) is 0 Å². The zero-order chi connectivity index (χ0) is 19.9. The van der Waals surface area contributed by atoms with Crippen molar-refractivity contribution < 1.29 is 14.4 Å². The predicted molar refractivity (Wildman–Crippen MR) is 105 cm³/mol. The molecule has 1 aromatic rings. The maximum Gasteiger partial charge on any atom is 0.325 e. The van der Waals surface area contributed by atoms with Crippen LogP contribution < -0.4 is 20.9 Å². The summed E-state index contributed by atoms with van der Waals surface area (Å²) in [5.74, 6) is -0.132. The van der Waals surface area contributed by atoms with Gasteiger partial charge >= 0.3 is 6.03 Å². The molecule has 9 heteroatoms. The van der Waals surface area contributed by atoms with E-state index in [2.05, 4.69) is 10.3 Å². The Morgan fingerprint density at radius 3 is 2.43 bits per heavy atom. The van der Waals surface area contributed by atoms with Gasteiger partial charge in [0.05, 0.1) is 6.54 Å². The van der Waals surface area contributed by atoms with E-state index >= 15 is 0 Å². The van der Waals surface area contributed by atoms with Crippen molar-refractivity contribution in [1.82, 2.24) is 10.2 Å². The summed E-state index contributed by atoms with van der Waals surface area (Å²) in [6, 6.07) is 7.23. The Kier molecular flexibility index (Phi) is 4.44. The van der Waals surface area contributed by atoms with Crippen LogP contribution in [0.15, 0.2) is 29.3 Å². The van der Waals surface area contributed by atoms with Gasteiger partial charge in [0.15, 0.2) is 0 Å². The molecule has 0 saturated carbocycles. The molecule has 3 N–H and O–H groups in total. The van der Waals surface area contributed by atoms with Crippen LogP contribution >= 0.6 is 0 Å². The van der Waals surface area contributed by atoms with Crippen molar-refractivity contribution in [2.24, 2.45) is 10.7 Å². The average Bonchev–Trinajstić information content (AvgIpc) is 3.22. The van der Waals surface area contributed by atoms with Crippen LogP contribution in [0.4, 0.5) is 16.2 Å². The molecule has 2 saturated heterocycles. The molecular weight excluding hydrogens is 360 g/mol. The number of aliphatic imine (C=N–C) groups is 1. The number of nitrogens with one attached hydrogen (secondary N) is 1. The van der Waals surface area contributed by atoms with Crippen molar-refractivity contribution in [3.63, 3.8) is 0 Å². The van der Waals surface area contributed by atoms with Gasteiger partial charge in [-0.3, -0.25) is 24.8 Å². The number of hydrogen-bond donors (Lipinski definition) is 2. The maximum absolute atomic E-state index is 12.8. The van der Waals surface area contributed by atoms with Gasteiger partial charge in [-0.25, -0.2) is 4.79 Å². The van der Waals surface area contributed by atoms with Crippen molar-refractivity contribution in [2.45, 2.75) is 25.3 Å². The largest absolute Gasteiger partial charge is 0.368 e. The van der Waals surface area contributed by atoms with E-state index in [-0.39, 0.29) is 18.5 Å². The summed E-state index contributed by atoms with van der Waals surface area (Å²) in [7, 11) is 0. The Bertz CT molecular complexity index is 852. The Labute approximate surface area is 163 Å². The summed E-state index contributed by atoms with van der Waals surface area (Å²) in [5.41, 5.74) is 6.16. The van der Waals surface area contributed by atoms with Crippen molar-refractivity contribution in [3.05, 3.63) is 30.7 Å².